The number of aromatic amines is 1. The van der Waals surface area contributed by atoms with Crippen molar-refractivity contribution in [2.75, 3.05) is 27.2 Å². The fraction of sp³-hybridized carbons (Fsp3) is 0.429. The van der Waals surface area contributed by atoms with Crippen LogP contribution in [0.5, 0.6) is 5.75 Å². The van der Waals surface area contributed by atoms with E-state index in [0.717, 1.165) is 53.2 Å². The Hall–Kier alpha value is -3.72. The van der Waals surface area contributed by atoms with Crippen molar-refractivity contribution in [1.82, 2.24) is 34.6 Å². The number of carbonyl (C=O) groups is 1. The summed E-state index contributed by atoms with van der Waals surface area (Å²) in [5.74, 6) is 1.08. The Balaban J connectivity index is 1.43. The molecule has 1 unspecified atom stereocenters. The molecule has 1 N–H and O–H groups in total. The molecule has 0 bridgehead atoms. The minimum Gasteiger partial charge on any atom is -0.493 e. The summed E-state index contributed by atoms with van der Waals surface area (Å²) < 4.78 is 7.27. The van der Waals surface area contributed by atoms with E-state index in [4.69, 9.17) is 9.84 Å². The highest BCUT2D eigenvalue weighted by molar-refractivity contribution is 5.83. The molecular formula is C28H35N7O2. The maximum Gasteiger partial charge on any atom is 0.240 e. The number of H-pyrrole nitrogens is 1. The van der Waals surface area contributed by atoms with Crippen molar-refractivity contribution in [2.24, 2.45) is 0 Å². The molecule has 9 nitrogen and oxygen atoms in total. The Bertz CT molecular complexity index is 1400. The van der Waals surface area contributed by atoms with Gasteiger partial charge in [-0.05, 0) is 43.0 Å². The summed E-state index contributed by atoms with van der Waals surface area (Å²) in [6.45, 7) is 10.5. The SMILES string of the molecule is CCN1CC[C@H]1C(=O)N(C)C(C)c1ccc(-c2[nH]nc(-c3cc(OC)c4ncnn4c3)c2C(C)C)cc1. The second-order valence-corrected chi connectivity index (χ2v) is 10.0. The molecule has 2 atom stereocenters. The number of methoxy groups -OCH3 is 1. The fourth-order valence-electron chi connectivity index (χ4n) is 5.21. The molecule has 194 valence electrons. The van der Waals surface area contributed by atoms with Gasteiger partial charge in [-0.2, -0.15) is 10.2 Å². The molecule has 1 aliphatic rings. The predicted molar refractivity (Wildman–Crippen MR) is 143 cm³/mol. The van der Waals surface area contributed by atoms with Crippen LogP contribution in [0.2, 0.25) is 0 Å². The summed E-state index contributed by atoms with van der Waals surface area (Å²) >= 11 is 0. The number of hydrogen-bond donors (Lipinski definition) is 1. The second kappa shape index (κ2) is 9.97. The number of amides is 1. The molecule has 37 heavy (non-hydrogen) atoms. The maximum absolute atomic E-state index is 13.0. The zero-order chi connectivity index (χ0) is 26.3. The first kappa shape index (κ1) is 25.0. The lowest BCUT2D eigenvalue weighted by molar-refractivity contribution is -0.142. The van der Waals surface area contributed by atoms with Crippen molar-refractivity contribution < 1.29 is 9.53 Å². The van der Waals surface area contributed by atoms with Crippen molar-refractivity contribution in [3.63, 3.8) is 0 Å². The van der Waals surface area contributed by atoms with E-state index in [9.17, 15) is 4.79 Å². The third-order valence-electron chi connectivity index (χ3n) is 7.65. The number of nitrogens with one attached hydrogen (secondary N) is 1. The lowest BCUT2D eigenvalue weighted by atomic mass is 9.93. The van der Waals surface area contributed by atoms with Gasteiger partial charge in [0.15, 0.2) is 11.4 Å². The van der Waals surface area contributed by atoms with Crippen LogP contribution in [0, 0.1) is 0 Å². The standard InChI is InChI=1S/C28H35N7O2/c1-7-34-13-12-22(34)28(36)33(5)18(4)19-8-10-20(11-9-19)25-24(17(2)3)26(32-31-25)21-14-23(37-6)27-29-16-30-35(27)15-21/h8-11,14-18,22H,7,12-13H2,1-6H3,(H,31,32)/t18?,22-/m0/s1. The van der Waals surface area contributed by atoms with Crippen molar-refractivity contribution in [2.45, 2.75) is 52.1 Å². The molecule has 1 aromatic carbocycles. The minimum atomic E-state index is -0.00961. The van der Waals surface area contributed by atoms with Crippen LogP contribution >= 0.6 is 0 Å². The molecule has 0 aliphatic carbocycles. The molecule has 9 heteroatoms. The summed E-state index contributed by atoms with van der Waals surface area (Å²) in [6.07, 6.45) is 4.38. The number of hydrogen-bond acceptors (Lipinski definition) is 6. The number of ether oxygens (including phenoxy) is 1. The molecule has 4 heterocycles. The van der Waals surface area contributed by atoms with Crippen LogP contribution in [0.15, 0.2) is 42.9 Å². The third kappa shape index (κ3) is 4.37. The van der Waals surface area contributed by atoms with Gasteiger partial charge >= 0.3 is 0 Å². The van der Waals surface area contributed by atoms with Crippen molar-refractivity contribution in [1.29, 1.82) is 0 Å². The monoisotopic (exact) mass is 501 g/mol. The number of likely N-dealkylation sites (tertiary alicyclic amines) is 1. The number of benzene rings is 1. The van der Waals surface area contributed by atoms with E-state index in [1.54, 1.807) is 11.6 Å². The Kier molecular flexibility index (Phi) is 6.72. The molecule has 1 fully saturated rings. The summed E-state index contributed by atoms with van der Waals surface area (Å²) in [6, 6.07) is 10.4. The summed E-state index contributed by atoms with van der Waals surface area (Å²) in [5, 5.41) is 12.3. The van der Waals surface area contributed by atoms with Crippen LogP contribution in [-0.4, -0.2) is 73.8 Å². The Labute approximate surface area is 217 Å². The number of nitrogens with zero attached hydrogens (tertiary/aromatic N) is 6. The zero-order valence-electron chi connectivity index (χ0n) is 22.4. The largest absolute Gasteiger partial charge is 0.493 e. The predicted octanol–water partition coefficient (Wildman–Crippen LogP) is 4.53. The average molecular weight is 502 g/mol. The van der Waals surface area contributed by atoms with E-state index < -0.39 is 0 Å². The molecule has 0 spiro atoms. The number of aromatic nitrogens is 5. The van der Waals surface area contributed by atoms with Gasteiger partial charge in [-0.25, -0.2) is 9.50 Å². The summed E-state index contributed by atoms with van der Waals surface area (Å²) in [5.41, 5.74) is 6.71. The molecule has 3 aromatic heterocycles. The number of carbonyl (C=O) groups excluding carboxylic acids is 1. The minimum absolute atomic E-state index is 0.00961. The van der Waals surface area contributed by atoms with E-state index in [2.05, 4.69) is 72.0 Å². The fourth-order valence-corrected chi connectivity index (χ4v) is 5.21. The number of likely N-dealkylation sites (N-methyl/N-ethyl adjacent to an activating group) is 2. The average Bonchev–Trinajstić information content (AvgIpc) is 3.54. The van der Waals surface area contributed by atoms with E-state index in [1.807, 2.05) is 24.2 Å². The highest BCUT2D eigenvalue weighted by atomic mass is 16.5. The highest BCUT2D eigenvalue weighted by Crippen LogP contribution is 2.37. The smallest absolute Gasteiger partial charge is 0.240 e. The molecule has 5 rings (SSSR count). The van der Waals surface area contributed by atoms with Crippen molar-refractivity contribution in [3.8, 4) is 28.3 Å². The van der Waals surface area contributed by atoms with Gasteiger partial charge in [-0.3, -0.25) is 14.8 Å². The van der Waals surface area contributed by atoms with Gasteiger partial charge in [0, 0.05) is 30.9 Å². The highest BCUT2D eigenvalue weighted by Gasteiger charge is 2.36. The van der Waals surface area contributed by atoms with Gasteiger partial charge in [0.2, 0.25) is 5.91 Å². The Morgan fingerprint density at radius 3 is 2.59 bits per heavy atom. The van der Waals surface area contributed by atoms with Crippen LogP contribution in [0.3, 0.4) is 0 Å². The van der Waals surface area contributed by atoms with Gasteiger partial charge in [-0.1, -0.05) is 45.0 Å². The van der Waals surface area contributed by atoms with Crippen LogP contribution in [0.4, 0.5) is 0 Å². The second-order valence-electron chi connectivity index (χ2n) is 10.0. The molecule has 0 radical (unpaired) electrons. The van der Waals surface area contributed by atoms with E-state index >= 15 is 0 Å². The van der Waals surface area contributed by atoms with Gasteiger partial charge in [0.1, 0.15) is 6.33 Å². The van der Waals surface area contributed by atoms with Gasteiger partial charge in [0.05, 0.1) is 30.6 Å². The molecule has 4 aromatic rings. The summed E-state index contributed by atoms with van der Waals surface area (Å²) in [4.78, 5) is 21.4. The van der Waals surface area contributed by atoms with Crippen molar-refractivity contribution in [3.05, 3.63) is 54.0 Å². The van der Waals surface area contributed by atoms with Gasteiger partial charge in [0.25, 0.3) is 0 Å². The molecule has 0 saturated carbocycles. The third-order valence-corrected chi connectivity index (χ3v) is 7.65. The number of pyridine rings is 1. The van der Waals surface area contributed by atoms with Crippen LogP contribution in [-0.2, 0) is 4.79 Å². The summed E-state index contributed by atoms with van der Waals surface area (Å²) in [7, 11) is 3.54. The zero-order valence-corrected chi connectivity index (χ0v) is 22.4. The van der Waals surface area contributed by atoms with Gasteiger partial charge in [-0.15, -0.1) is 0 Å². The van der Waals surface area contributed by atoms with Crippen molar-refractivity contribution >= 4 is 11.6 Å². The van der Waals surface area contributed by atoms with Crippen LogP contribution in [0.1, 0.15) is 57.2 Å². The first-order valence-electron chi connectivity index (χ1n) is 12.9. The van der Waals surface area contributed by atoms with Crippen LogP contribution in [0.25, 0.3) is 28.2 Å². The van der Waals surface area contributed by atoms with Crippen LogP contribution < -0.4 is 4.74 Å². The first-order chi connectivity index (χ1) is 17.8. The number of fused-ring (bicyclic) bond motifs is 1. The normalized spacial score (nSPS) is 16.7. The quantitative estimate of drug-likeness (QED) is 0.381. The first-order valence-corrected chi connectivity index (χ1v) is 12.9. The Morgan fingerprint density at radius 1 is 1.22 bits per heavy atom. The topological polar surface area (TPSA) is 91.7 Å². The lowest BCUT2D eigenvalue weighted by Gasteiger charge is -2.42. The molecule has 1 saturated heterocycles. The van der Waals surface area contributed by atoms with Gasteiger partial charge < -0.3 is 9.64 Å². The Morgan fingerprint density at radius 2 is 1.97 bits per heavy atom. The van der Waals surface area contributed by atoms with E-state index in [0.29, 0.717) is 11.4 Å². The van der Waals surface area contributed by atoms with E-state index in [-0.39, 0.29) is 23.9 Å². The number of rotatable bonds is 8. The molecule has 1 amide bonds. The lowest BCUT2D eigenvalue weighted by Crippen LogP contribution is -2.56. The molecular weight excluding hydrogens is 466 g/mol. The van der Waals surface area contributed by atoms with E-state index in [1.165, 1.54) is 6.33 Å². The molecule has 1 aliphatic heterocycles. The maximum atomic E-state index is 13.0.